The minimum Gasteiger partial charge on any atom is -0.393 e. The number of amides is 2. The largest absolute Gasteiger partial charge is 0.393 e. The van der Waals surface area contributed by atoms with Crippen molar-refractivity contribution in [2.24, 2.45) is 5.92 Å². The molecular formula is C17H25FN2O2. The third-order valence-corrected chi connectivity index (χ3v) is 4.49. The van der Waals surface area contributed by atoms with Gasteiger partial charge in [-0.25, -0.2) is 9.18 Å². The van der Waals surface area contributed by atoms with Crippen LogP contribution in [0.5, 0.6) is 0 Å². The third kappa shape index (κ3) is 3.58. The van der Waals surface area contributed by atoms with Crippen LogP contribution in [0.25, 0.3) is 0 Å². The zero-order valence-corrected chi connectivity index (χ0v) is 13.7. The first-order valence-electron chi connectivity index (χ1n) is 7.79. The number of urea groups is 1. The van der Waals surface area contributed by atoms with Crippen LogP contribution >= 0.6 is 0 Å². The van der Waals surface area contributed by atoms with Crippen molar-refractivity contribution in [1.82, 2.24) is 10.2 Å². The molecule has 3 atom stereocenters. The van der Waals surface area contributed by atoms with Crippen LogP contribution in [0.2, 0.25) is 0 Å². The highest BCUT2D eigenvalue weighted by molar-refractivity contribution is 5.75. The van der Waals surface area contributed by atoms with Crippen LogP contribution in [0.3, 0.4) is 0 Å². The number of aliphatic hydroxyl groups excluding tert-OH is 1. The molecule has 1 heterocycles. The highest BCUT2D eigenvalue weighted by Gasteiger charge is 2.29. The summed E-state index contributed by atoms with van der Waals surface area (Å²) in [6, 6.07) is 3.23. The first-order chi connectivity index (χ1) is 10.3. The number of nitrogens with one attached hydrogen (secondary N) is 1. The Morgan fingerprint density at radius 2 is 1.95 bits per heavy atom. The Morgan fingerprint density at radius 3 is 2.45 bits per heavy atom. The van der Waals surface area contributed by atoms with Crippen molar-refractivity contribution < 1.29 is 14.3 Å². The smallest absolute Gasteiger partial charge is 0.317 e. The highest BCUT2D eigenvalue weighted by Crippen LogP contribution is 2.22. The van der Waals surface area contributed by atoms with Crippen LogP contribution in [0.15, 0.2) is 12.1 Å². The molecule has 2 rings (SSSR count). The van der Waals surface area contributed by atoms with E-state index in [2.05, 4.69) is 5.32 Å². The van der Waals surface area contributed by atoms with Gasteiger partial charge in [-0.15, -0.1) is 0 Å². The maximum absolute atomic E-state index is 13.7. The number of nitrogens with zero attached hydrogens (tertiary/aromatic N) is 1. The fourth-order valence-electron chi connectivity index (χ4n) is 2.95. The molecular weight excluding hydrogens is 283 g/mol. The quantitative estimate of drug-likeness (QED) is 0.902. The summed E-state index contributed by atoms with van der Waals surface area (Å²) in [4.78, 5) is 14.0. The number of likely N-dealkylation sites (tertiary alicyclic amines) is 1. The number of benzene rings is 1. The van der Waals surface area contributed by atoms with Gasteiger partial charge in [-0.2, -0.15) is 0 Å². The first kappa shape index (κ1) is 16.7. The van der Waals surface area contributed by atoms with Crippen molar-refractivity contribution in [3.63, 3.8) is 0 Å². The zero-order chi connectivity index (χ0) is 16.4. The normalized spacial score (nSPS) is 20.8. The van der Waals surface area contributed by atoms with Gasteiger partial charge < -0.3 is 15.3 Å². The van der Waals surface area contributed by atoms with E-state index in [1.807, 2.05) is 6.92 Å². The second kappa shape index (κ2) is 6.65. The van der Waals surface area contributed by atoms with Gasteiger partial charge in [-0.3, -0.25) is 0 Å². The minimum atomic E-state index is -0.391. The summed E-state index contributed by atoms with van der Waals surface area (Å²) in [6.07, 6.45) is 0.437. The molecule has 1 aromatic rings. The summed E-state index contributed by atoms with van der Waals surface area (Å²) in [5.41, 5.74) is 2.08. The van der Waals surface area contributed by atoms with Crippen LogP contribution < -0.4 is 5.32 Å². The summed E-state index contributed by atoms with van der Waals surface area (Å²) >= 11 is 0. The molecule has 22 heavy (non-hydrogen) atoms. The molecule has 3 unspecified atom stereocenters. The van der Waals surface area contributed by atoms with Crippen molar-refractivity contribution in [2.45, 2.75) is 46.3 Å². The monoisotopic (exact) mass is 308 g/mol. The lowest BCUT2D eigenvalue weighted by Gasteiger charge is -2.22. The second-order valence-corrected chi connectivity index (χ2v) is 6.38. The number of aliphatic hydroxyl groups is 1. The van der Waals surface area contributed by atoms with Crippen molar-refractivity contribution >= 4 is 6.03 Å². The maximum Gasteiger partial charge on any atom is 0.317 e. The maximum atomic E-state index is 13.7. The predicted molar refractivity (Wildman–Crippen MR) is 84.2 cm³/mol. The molecule has 1 aliphatic rings. The Kier molecular flexibility index (Phi) is 5.06. The van der Waals surface area contributed by atoms with Crippen LogP contribution in [0.1, 0.15) is 43.0 Å². The molecule has 0 radical (unpaired) electrons. The number of carbonyl (C=O) groups excluding carboxylic acids is 1. The van der Waals surface area contributed by atoms with E-state index in [1.54, 1.807) is 37.8 Å². The van der Waals surface area contributed by atoms with Gasteiger partial charge in [0.25, 0.3) is 0 Å². The molecule has 1 fully saturated rings. The van der Waals surface area contributed by atoms with Crippen molar-refractivity contribution in [3.05, 3.63) is 34.6 Å². The number of hydrogen-bond donors (Lipinski definition) is 2. The predicted octanol–water partition coefficient (Wildman–Crippen LogP) is 2.92. The van der Waals surface area contributed by atoms with E-state index in [0.29, 0.717) is 24.2 Å². The topological polar surface area (TPSA) is 52.6 Å². The van der Waals surface area contributed by atoms with Crippen molar-refractivity contribution in [2.75, 3.05) is 13.1 Å². The average molecular weight is 308 g/mol. The second-order valence-electron chi connectivity index (χ2n) is 6.38. The van der Waals surface area contributed by atoms with Crippen LogP contribution in [0, 0.1) is 25.6 Å². The molecule has 0 aromatic heterocycles. The molecule has 0 spiro atoms. The molecule has 2 N–H and O–H groups in total. The van der Waals surface area contributed by atoms with Gasteiger partial charge in [-0.1, -0.05) is 12.1 Å². The van der Waals surface area contributed by atoms with Gasteiger partial charge in [0, 0.05) is 19.0 Å². The Labute approximate surface area is 131 Å². The zero-order valence-electron chi connectivity index (χ0n) is 13.7. The molecule has 1 aliphatic heterocycles. The van der Waals surface area contributed by atoms with E-state index in [4.69, 9.17) is 0 Å². The fraction of sp³-hybridized carbons (Fsp3) is 0.588. The highest BCUT2D eigenvalue weighted by atomic mass is 19.1. The number of aryl methyl sites for hydroxylation is 2. The van der Waals surface area contributed by atoms with Crippen molar-refractivity contribution in [1.29, 1.82) is 0 Å². The van der Waals surface area contributed by atoms with E-state index in [9.17, 15) is 14.3 Å². The molecule has 2 amide bonds. The Hall–Kier alpha value is -1.62. The van der Waals surface area contributed by atoms with Crippen LogP contribution in [-0.2, 0) is 0 Å². The van der Waals surface area contributed by atoms with E-state index in [1.165, 1.54) is 0 Å². The summed E-state index contributed by atoms with van der Waals surface area (Å²) in [5, 5.41) is 12.6. The Bertz CT molecular complexity index is 537. The minimum absolute atomic E-state index is 0.129. The first-order valence-corrected chi connectivity index (χ1v) is 7.79. The third-order valence-electron chi connectivity index (χ3n) is 4.49. The molecule has 0 saturated carbocycles. The number of carbonyl (C=O) groups is 1. The molecule has 0 bridgehead atoms. The molecule has 1 saturated heterocycles. The van der Waals surface area contributed by atoms with Gasteiger partial charge in [0.2, 0.25) is 0 Å². The lowest BCUT2D eigenvalue weighted by Crippen LogP contribution is -2.40. The van der Waals surface area contributed by atoms with Crippen LogP contribution in [-0.4, -0.2) is 35.2 Å². The summed E-state index contributed by atoms with van der Waals surface area (Å²) < 4.78 is 13.7. The number of rotatable bonds is 3. The molecule has 1 aromatic carbocycles. The Morgan fingerprint density at radius 1 is 1.36 bits per heavy atom. The van der Waals surface area contributed by atoms with Gasteiger partial charge in [0.05, 0.1) is 12.1 Å². The Balaban J connectivity index is 2.00. The number of hydrogen-bond acceptors (Lipinski definition) is 2. The lowest BCUT2D eigenvalue weighted by molar-refractivity contribution is 0.129. The van der Waals surface area contributed by atoms with Gasteiger partial charge in [0.1, 0.15) is 5.82 Å². The van der Waals surface area contributed by atoms with Gasteiger partial charge in [-0.05, 0) is 50.8 Å². The van der Waals surface area contributed by atoms with Gasteiger partial charge >= 0.3 is 6.03 Å². The van der Waals surface area contributed by atoms with Crippen LogP contribution in [0.4, 0.5) is 9.18 Å². The molecule has 4 nitrogen and oxygen atoms in total. The number of halogens is 1. The SMILES string of the molecule is Cc1cc(C(C)NC(=O)N2CCC(C(C)O)C2)cc(C)c1F. The lowest BCUT2D eigenvalue weighted by atomic mass is 10.0. The fourth-order valence-corrected chi connectivity index (χ4v) is 2.95. The summed E-state index contributed by atoms with van der Waals surface area (Å²) in [6.45, 7) is 8.36. The standard InChI is InChI=1S/C17H25FN2O2/c1-10-7-15(8-11(2)16(10)18)12(3)19-17(22)20-6-5-14(9-20)13(4)21/h7-8,12-14,21H,5-6,9H2,1-4H3,(H,19,22). The van der Waals surface area contributed by atoms with E-state index < -0.39 is 6.10 Å². The van der Waals surface area contributed by atoms with Gasteiger partial charge in [0.15, 0.2) is 0 Å². The molecule has 122 valence electrons. The summed E-state index contributed by atoms with van der Waals surface area (Å²) in [7, 11) is 0. The molecule has 0 aliphatic carbocycles. The average Bonchev–Trinajstić information content (AvgIpc) is 2.94. The van der Waals surface area contributed by atoms with Crippen molar-refractivity contribution in [3.8, 4) is 0 Å². The molecule has 5 heteroatoms. The van der Waals surface area contributed by atoms with E-state index in [0.717, 1.165) is 12.0 Å². The summed E-state index contributed by atoms with van der Waals surface area (Å²) in [5.74, 6) is -0.0436. The van der Waals surface area contributed by atoms with E-state index >= 15 is 0 Å². The van der Waals surface area contributed by atoms with E-state index in [-0.39, 0.29) is 23.8 Å².